The molecule has 0 aliphatic rings. The molecule has 3 rings (SSSR count). The molecule has 1 heterocycles. The summed E-state index contributed by atoms with van der Waals surface area (Å²) in [7, 11) is 0. The van der Waals surface area contributed by atoms with E-state index >= 15 is 0 Å². The first-order valence-corrected chi connectivity index (χ1v) is 10.7. The lowest BCUT2D eigenvalue weighted by Gasteiger charge is -2.08. The quantitative estimate of drug-likeness (QED) is 0.410. The summed E-state index contributed by atoms with van der Waals surface area (Å²) in [5.74, 6) is 1.65. The Morgan fingerprint density at radius 1 is 1.15 bits per heavy atom. The maximum atomic E-state index is 12.2. The third-order valence-corrected chi connectivity index (χ3v) is 6.01. The lowest BCUT2D eigenvalue weighted by atomic mass is 10.1. The van der Waals surface area contributed by atoms with Crippen molar-refractivity contribution in [2.75, 3.05) is 13.2 Å². The van der Waals surface area contributed by atoms with Crippen molar-refractivity contribution in [3.63, 3.8) is 0 Å². The number of aromatic nitrogens is 1. The molecule has 0 radical (unpaired) electrons. The molecule has 0 aliphatic carbocycles. The maximum absolute atomic E-state index is 12.2. The molecule has 0 aliphatic heterocycles. The first-order valence-electron chi connectivity index (χ1n) is 8.80. The zero-order valence-electron chi connectivity index (χ0n) is 15.2. The standard InChI is InChI=1S/C21H22N2O2S2/c1-16-14-26-21(23-16)27-15-17-8-10-18(11-9-17)20(24)22-12-5-13-25-19-6-3-2-4-7-19/h2-4,6-11,14H,5,12-13,15H2,1H3,(H,22,24). The summed E-state index contributed by atoms with van der Waals surface area (Å²) in [6, 6.07) is 17.4. The second kappa shape index (κ2) is 10.1. The van der Waals surface area contributed by atoms with Crippen molar-refractivity contribution < 1.29 is 9.53 Å². The molecule has 4 nitrogen and oxygen atoms in total. The number of hydrogen-bond acceptors (Lipinski definition) is 5. The predicted octanol–water partition coefficient (Wildman–Crippen LogP) is 4.94. The molecule has 1 aromatic heterocycles. The van der Waals surface area contributed by atoms with Crippen molar-refractivity contribution in [3.05, 3.63) is 76.8 Å². The summed E-state index contributed by atoms with van der Waals surface area (Å²) < 4.78 is 6.69. The largest absolute Gasteiger partial charge is 0.494 e. The van der Waals surface area contributed by atoms with Crippen molar-refractivity contribution in [3.8, 4) is 5.75 Å². The monoisotopic (exact) mass is 398 g/mol. The Morgan fingerprint density at radius 3 is 2.63 bits per heavy atom. The first kappa shape index (κ1) is 19.5. The molecule has 1 N–H and O–H groups in total. The lowest BCUT2D eigenvalue weighted by Crippen LogP contribution is -2.25. The molecule has 0 saturated heterocycles. The highest BCUT2D eigenvalue weighted by molar-refractivity contribution is 8.00. The Balaban J connectivity index is 1.37. The van der Waals surface area contributed by atoms with Crippen LogP contribution in [-0.2, 0) is 5.75 Å². The van der Waals surface area contributed by atoms with Gasteiger partial charge in [-0.15, -0.1) is 11.3 Å². The number of hydrogen-bond donors (Lipinski definition) is 1. The van der Waals surface area contributed by atoms with E-state index in [1.54, 1.807) is 23.1 Å². The molecule has 0 spiro atoms. The number of thiazole rings is 1. The molecule has 0 bridgehead atoms. The summed E-state index contributed by atoms with van der Waals surface area (Å²) >= 11 is 3.38. The molecular weight excluding hydrogens is 376 g/mol. The van der Waals surface area contributed by atoms with E-state index in [-0.39, 0.29) is 5.91 Å². The summed E-state index contributed by atoms with van der Waals surface area (Å²) in [5, 5.41) is 4.99. The van der Waals surface area contributed by atoms with Crippen LogP contribution in [0.25, 0.3) is 0 Å². The number of ether oxygens (including phenoxy) is 1. The van der Waals surface area contributed by atoms with Crippen LogP contribution in [0.5, 0.6) is 5.75 Å². The van der Waals surface area contributed by atoms with Crippen LogP contribution in [-0.4, -0.2) is 24.0 Å². The Bertz CT molecular complexity index is 848. The van der Waals surface area contributed by atoms with Gasteiger partial charge in [0, 0.05) is 28.9 Å². The van der Waals surface area contributed by atoms with Gasteiger partial charge in [-0.3, -0.25) is 4.79 Å². The highest BCUT2D eigenvalue weighted by Crippen LogP contribution is 2.26. The van der Waals surface area contributed by atoms with Gasteiger partial charge in [0.2, 0.25) is 0 Å². The summed E-state index contributed by atoms with van der Waals surface area (Å²) in [4.78, 5) is 16.7. The minimum absolute atomic E-state index is 0.0514. The molecule has 140 valence electrons. The predicted molar refractivity (Wildman–Crippen MR) is 112 cm³/mol. The topological polar surface area (TPSA) is 51.2 Å². The molecule has 27 heavy (non-hydrogen) atoms. The van der Waals surface area contributed by atoms with Gasteiger partial charge in [-0.05, 0) is 43.2 Å². The Morgan fingerprint density at radius 2 is 1.93 bits per heavy atom. The number of carbonyl (C=O) groups excluding carboxylic acids is 1. The van der Waals surface area contributed by atoms with E-state index in [1.165, 1.54) is 5.56 Å². The smallest absolute Gasteiger partial charge is 0.251 e. The van der Waals surface area contributed by atoms with Crippen LogP contribution < -0.4 is 10.1 Å². The highest BCUT2D eigenvalue weighted by atomic mass is 32.2. The van der Waals surface area contributed by atoms with E-state index in [2.05, 4.69) is 15.7 Å². The molecule has 0 unspecified atom stereocenters. The van der Waals surface area contributed by atoms with Crippen LogP contribution in [0.2, 0.25) is 0 Å². The highest BCUT2D eigenvalue weighted by Gasteiger charge is 2.06. The summed E-state index contributed by atoms with van der Waals surface area (Å²) in [5.41, 5.74) is 2.92. The molecule has 2 aromatic carbocycles. The zero-order valence-corrected chi connectivity index (χ0v) is 16.8. The SMILES string of the molecule is Cc1csc(SCc2ccc(C(=O)NCCCOc3ccccc3)cc2)n1. The second-order valence-corrected chi connectivity index (χ2v) is 8.09. The van der Waals surface area contributed by atoms with Crippen molar-refractivity contribution in [1.82, 2.24) is 10.3 Å². The van der Waals surface area contributed by atoms with E-state index in [0.29, 0.717) is 18.7 Å². The third kappa shape index (κ3) is 6.41. The minimum Gasteiger partial charge on any atom is -0.494 e. The first-order chi connectivity index (χ1) is 13.2. The average molecular weight is 399 g/mol. The van der Waals surface area contributed by atoms with E-state index in [4.69, 9.17) is 4.74 Å². The van der Waals surface area contributed by atoms with Crippen molar-refractivity contribution in [2.45, 2.75) is 23.4 Å². The van der Waals surface area contributed by atoms with Gasteiger partial charge in [0.1, 0.15) is 10.1 Å². The van der Waals surface area contributed by atoms with Gasteiger partial charge in [-0.1, -0.05) is 42.1 Å². The zero-order chi connectivity index (χ0) is 18.9. The summed E-state index contributed by atoms with van der Waals surface area (Å²) in [6.45, 7) is 3.17. The molecule has 0 fully saturated rings. The number of para-hydroxylation sites is 1. The molecule has 0 saturated carbocycles. The van der Waals surface area contributed by atoms with Crippen molar-refractivity contribution >= 4 is 29.0 Å². The van der Waals surface area contributed by atoms with Crippen LogP contribution in [0.4, 0.5) is 0 Å². The third-order valence-electron chi connectivity index (χ3n) is 3.79. The number of nitrogens with zero attached hydrogens (tertiary/aromatic N) is 1. The average Bonchev–Trinajstić information content (AvgIpc) is 3.12. The van der Waals surface area contributed by atoms with Crippen molar-refractivity contribution in [2.24, 2.45) is 0 Å². The van der Waals surface area contributed by atoms with Gasteiger partial charge < -0.3 is 10.1 Å². The van der Waals surface area contributed by atoms with Gasteiger partial charge in [0.25, 0.3) is 5.91 Å². The van der Waals surface area contributed by atoms with Gasteiger partial charge in [-0.25, -0.2) is 4.98 Å². The van der Waals surface area contributed by atoms with E-state index in [1.807, 2.05) is 61.5 Å². The van der Waals surface area contributed by atoms with Gasteiger partial charge in [0.15, 0.2) is 0 Å². The van der Waals surface area contributed by atoms with E-state index < -0.39 is 0 Å². The fraction of sp³-hybridized carbons (Fsp3) is 0.238. The van der Waals surface area contributed by atoms with Crippen LogP contribution >= 0.6 is 23.1 Å². The summed E-state index contributed by atoms with van der Waals surface area (Å²) in [6.07, 6.45) is 0.766. The molecule has 3 aromatic rings. The number of aryl methyl sites for hydroxylation is 1. The van der Waals surface area contributed by atoms with E-state index in [9.17, 15) is 4.79 Å². The van der Waals surface area contributed by atoms with Crippen LogP contribution in [0.3, 0.4) is 0 Å². The Labute approximate surface area is 168 Å². The molecular formula is C21H22N2O2S2. The molecule has 6 heteroatoms. The Kier molecular flexibility index (Phi) is 7.30. The number of nitrogens with one attached hydrogen (secondary N) is 1. The lowest BCUT2D eigenvalue weighted by molar-refractivity contribution is 0.0951. The molecule has 0 atom stereocenters. The van der Waals surface area contributed by atoms with Gasteiger partial charge in [0.05, 0.1) is 6.61 Å². The van der Waals surface area contributed by atoms with Crippen LogP contribution in [0, 0.1) is 6.92 Å². The number of rotatable bonds is 9. The number of thioether (sulfide) groups is 1. The van der Waals surface area contributed by atoms with Gasteiger partial charge >= 0.3 is 0 Å². The fourth-order valence-electron chi connectivity index (χ4n) is 2.38. The Hall–Kier alpha value is -2.31. The normalized spacial score (nSPS) is 10.6. The number of benzene rings is 2. The minimum atomic E-state index is -0.0514. The van der Waals surface area contributed by atoms with Crippen LogP contribution in [0.15, 0.2) is 64.3 Å². The van der Waals surface area contributed by atoms with Gasteiger partial charge in [-0.2, -0.15) is 0 Å². The molecule has 1 amide bonds. The number of carbonyl (C=O) groups is 1. The maximum Gasteiger partial charge on any atom is 0.251 e. The van der Waals surface area contributed by atoms with Crippen LogP contribution in [0.1, 0.15) is 28.0 Å². The number of amides is 1. The van der Waals surface area contributed by atoms with E-state index in [0.717, 1.165) is 28.0 Å². The second-order valence-electron chi connectivity index (χ2n) is 6.01. The van der Waals surface area contributed by atoms with Crippen molar-refractivity contribution in [1.29, 1.82) is 0 Å². The fourth-order valence-corrected chi connectivity index (χ4v) is 4.18.